The van der Waals surface area contributed by atoms with Crippen molar-refractivity contribution in [3.63, 3.8) is 0 Å². The van der Waals surface area contributed by atoms with Gasteiger partial charge in [0.15, 0.2) is 0 Å². The molecule has 40 heavy (non-hydrogen) atoms. The van der Waals surface area contributed by atoms with Crippen molar-refractivity contribution in [2.45, 2.75) is 32.3 Å². The fourth-order valence-corrected chi connectivity index (χ4v) is 5.59. The minimum Gasteiger partial charge on any atom is -0.490 e. The van der Waals surface area contributed by atoms with E-state index in [1.54, 1.807) is 30.5 Å². The molecule has 0 atom stereocenters. The van der Waals surface area contributed by atoms with E-state index in [1.807, 2.05) is 37.3 Å². The van der Waals surface area contributed by atoms with E-state index in [2.05, 4.69) is 25.8 Å². The SMILES string of the molecule is Cc1ccc(F)c(NC(=O)Nc2ccc(OC3CCN(CCCNC(=O)c4cc5ncccc5s4)CC3)cc2)c1. The van der Waals surface area contributed by atoms with Crippen LogP contribution in [0.4, 0.5) is 20.6 Å². The van der Waals surface area contributed by atoms with Crippen molar-refractivity contribution in [1.29, 1.82) is 0 Å². The third-order valence-electron chi connectivity index (χ3n) is 6.77. The first-order chi connectivity index (χ1) is 19.4. The van der Waals surface area contributed by atoms with Crippen molar-refractivity contribution < 1.29 is 18.7 Å². The summed E-state index contributed by atoms with van der Waals surface area (Å²) < 4.78 is 21.1. The Balaban J connectivity index is 0.986. The molecule has 1 aliphatic heterocycles. The summed E-state index contributed by atoms with van der Waals surface area (Å²) in [6, 6.07) is 16.9. The Morgan fingerprint density at radius 1 is 1.07 bits per heavy atom. The van der Waals surface area contributed by atoms with Crippen LogP contribution in [0, 0.1) is 12.7 Å². The molecule has 0 spiro atoms. The molecule has 3 amide bonds. The summed E-state index contributed by atoms with van der Waals surface area (Å²) in [5.74, 6) is 0.216. The summed E-state index contributed by atoms with van der Waals surface area (Å²) in [6.07, 6.45) is 4.60. The summed E-state index contributed by atoms with van der Waals surface area (Å²) in [5.41, 5.74) is 2.44. The van der Waals surface area contributed by atoms with Crippen LogP contribution in [0.5, 0.6) is 5.75 Å². The molecule has 1 fully saturated rings. The van der Waals surface area contributed by atoms with E-state index in [4.69, 9.17) is 4.74 Å². The average Bonchev–Trinajstić information content (AvgIpc) is 3.40. The molecule has 0 radical (unpaired) electrons. The van der Waals surface area contributed by atoms with Crippen molar-refractivity contribution in [1.82, 2.24) is 15.2 Å². The summed E-state index contributed by atoms with van der Waals surface area (Å²) >= 11 is 1.46. The van der Waals surface area contributed by atoms with Crippen molar-refractivity contribution in [2.75, 3.05) is 36.8 Å². The van der Waals surface area contributed by atoms with Gasteiger partial charge in [0.05, 0.1) is 20.8 Å². The largest absolute Gasteiger partial charge is 0.490 e. The summed E-state index contributed by atoms with van der Waals surface area (Å²) in [7, 11) is 0. The number of carbonyl (C=O) groups excluding carboxylic acids is 2. The highest BCUT2D eigenvalue weighted by atomic mass is 32.1. The van der Waals surface area contributed by atoms with Gasteiger partial charge in [0.25, 0.3) is 5.91 Å². The molecule has 0 bridgehead atoms. The third kappa shape index (κ3) is 7.34. The second-order valence-electron chi connectivity index (χ2n) is 9.85. The van der Waals surface area contributed by atoms with E-state index in [-0.39, 0.29) is 17.7 Å². The Labute approximate surface area is 236 Å². The zero-order chi connectivity index (χ0) is 27.9. The van der Waals surface area contributed by atoms with Gasteiger partial charge in [-0.05, 0) is 92.9 Å². The second kappa shape index (κ2) is 12.9. The molecular formula is C30H32FN5O3S. The average molecular weight is 562 g/mol. The van der Waals surface area contributed by atoms with Gasteiger partial charge in [-0.3, -0.25) is 9.78 Å². The van der Waals surface area contributed by atoms with E-state index in [1.165, 1.54) is 17.4 Å². The predicted octanol–water partition coefficient (Wildman–Crippen LogP) is 6.05. The number of amides is 3. The number of aryl methyl sites for hydroxylation is 1. The Morgan fingerprint density at radius 3 is 2.65 bits per heavy atom. The number of benzene rings is 2. The van der Waals surface area contributed by atoms with Crippen molar-refractivity contribution in [2.24, 2.45) is 0 Å². The number of likely N-dealkylation sites (tertiary alicyclic amines) is 1. The van der Waals surface area contributed by atoms with Gasteiger partial charge < -0.3 is 25.6 Å². The number of ether oxygens (including phenoxy) is 1. The fourth-order valence-electron chi connectivity index (χ4n) is 4.65. The molecule has 1 aliphatic rings. The highest BCUT2D eigenvalue weighted by Gasteiger charge is 2.20. The molecule has 4 aromatic rings. The maximum Gasteiger partial charge on any atom is 0.323 e. The number of hydrogen-bond acceptors (Lipinski definition) is 6. The summed E-state index contributed by atoms with van der Waals surface area (Å²) in [6.45, 7) is 5.27. The number of piperidine rings is 1. The quantitative estimate of drug-likeness (QED) is 0.216. The van der Waals surface area contributed by atoms with Crippen LogP contribution in [0.2, 0.25) is 0 Å². The number of urea groups is 1. The maximum atomic E-state index is 13.9. The molecule has 2 aromatic heterocycles. The fraction of sp³-hybridized carbons (Fsp3) is 0.300. The number of thiophene rings is 1. The third-order valence-corrected chi connectivity index (χ3v) is 7.86. The number of anilines is 2. The molecule has 0 saturated carbocycles. The number of hydrogen-bond donors (Lipinski definition) is 3. The summed E-state index contributed by atoms with van der Waals surface area (Å²) in [5, 5.41) is 8.27. The van der Waals surface area contributed by atoms with Crippen LogP contribution in [0.25, 0.3) is 10.2 Å². The number of carbonyl (C=O) groups is 2. The Bertz CT molecular complexity index is 1430. The predicted molar refractivity (Wildman–Crippen MR) is 157 cm³/mol. The van der Waals surface area contributed by atoms with Gasteiger partial charge in [-0.1, -0.05) is 6.07 Å². The zero-order valence-corrected chi connectivity index (χ0v) is 23.1. The molecular weight excluding hydrogens is 529 g/mol. The van der Waals surface area contributed by atoms with E-state index in [9.17, 15) is 14.0 Å². The van der Waals surface area contributed by atoms with Crippen molar-refractivity contribution in [3.8, 4) is 5.75 Å². The molecule has 3 N–H and O–H groups in total. The van der Waals surface area contributed by atoms with Crippen LogP contribution in [-0.2, 0) is 0 Å². The number of halogens is 1. The number of rotatable bonds is 9. The van der Waals surface area contributed by atoms with E-state index < -0.39 is 11.8 Å². The van der Waals surface area contributed by atoms with Crippen LogP contribution in [0.1, 0.15) is 34.5 Å². The molecule has 2 aromatic carbocycles. The molecule has 8 nitrogen and oxygen atoms in total. The monoisotopic (exact) mass is 561 g/mol. The molecule has 1 saturated heterocycles. The number of pyridine rings is 1. The standard InChI is InChI=1S/C30H32FN5O3S/c1-20-5-10-24(31)25(18-20)35-30(38)34-21-6-8-22(9-7-21)39-23-11-16-36(17-12-23)15-3-14-33-29(37)28-19-26-27(40-28)4-2-13-32-26/h2,4-10,13,18-19,23H,3,11-12,14-17H2,1H3,(H,33,37)(H2,34,35,38). The zero-order valence-electron chi connectivity index (χ0n) is 22.3. The number of nitrogens with one attached hydrogen (secondary N) is 3. The lowest BCUT2D eigenvalue weighted by Crippen LogP contribution is -2.39. The van der Waals surface area contributed by atoms with E-state index >= 15 is 0 Å². The van der Waals surface area contributed by atoms with Crippen LogP contribution >= 0.6 is 11.3 Å². The van der Waals surface area contributed by atoms with Gasteiger partial charge in [-0.2, -0.15) is 0 Å². The lowest BCUT2D eigenvalue weighted by Gasteiger charge is -2.32. The number of fused-ring (bicyclic) bond motifs is 1. The number of nitrogens with zero attached hydrogens (tertiary/aromatic N) is 2. The van der Waals surface area contributed by atoms with Gasteiger partial charge in [-0.25, -0.2) is 9.18 Å². The second-order valence-corrected chi connectivity index (χ2v) is 10.9. The normalized spacial score (nSPS) is 14.2. The highest BCUT2D eigenvalue weighted by molar-refractivity contribution is 7.20. The van der Waals surface area contributed by atoms with Gasteiger partial charge >= 0.3 is 6.03 Å². The number of aromatic nitrogens is 1. The first kappa shape index (κ1) is 27.5. The molecule has 208 valence electrons. The van der Waals surface area contributed by atoms with E-state index in [0.717, 1.165) is 60.4 Å². The van der Waals surface area contributed by atoms with Gasteiger partial charge in [-0.15, -0.1) is 11.3 Å². The molecule has 0 aliphatic carbocycles. The van der Waals surface area contributed by atoms with Gasteiger partial charge in [0.1, 0.15) is 17.7 Å². The smallest absolute Gasteiger partial charge is 0.323 e. The van der Waals surface area contributed by atoms with Crippen LogP contribution in [-0.4, -0.2) is 54.1 Å². The van der Waals surface area contributed by atoms with Gasteiger partial charge in [0.2, 0.25) is 0 Å². The topological polar surface area (TPSA) is 95.6 Å². The lowest BCUT2D eigenvalue weighted by molar-refractivity contribution is 0.0938. The van der Waals surface area contributed by atoms with Crippen molar-refractivity contribution in [3.05, 3.63) is 83.1 Å². The van der Waals surface area contributed by atoms with E-state index in [0.29, 0.717) is 17.1 Å². The van der Waals surface area contributed by atoms with Crippen LogP contribution < -0.4 is 20.7 Å². The van der Waals surface area contributed by atoms with Crippen molar-refractivity contribution >= 4 is 44.9 Å². The minimum absolute atomic E-state index is 0.0443. The highest BCUT2D eigenvalue weighted by Crippen LogP contribution is 2.24. The summed E-state index contributed by atoms with van der Waals surface area (Å²) in [4.78, 5) is 32.1. The lowest BCUT2D eigenvalue weighted by atomic mass is 10.1. The Hall–Kier alpha value is -4.02. The van der Waals surface area contributed by atoms with Crippen LogP contribution in [0.15, 0.2) is 66.9 Å². The molecule has 3 heterocycles. The first-order valence-corrected chi connectivity index (χ1v) is 14.2. The Kier molecular flexibility index (Phi) is 8.87. The van der Waals surface area contributed by atoms with Gasteiger partial charge in [0, 0.05) is 31.5 Å². The molecule has 0 unspecified atom stereocenters. The molecule has 10 heteroatoms. The van der Waals surface area contributed by atoms with Crippen LogP contribution in [0.3, 0.4) is 0 Å². The Morgan fingerprint density at radius 2 is 1.88 bits per heavy atom. The molecule has 5 rings (SSSR count). The maximum absolute atomic E-state index is 13.9. The first-order valence-electron chi connectivity index (χ1n) is 13.4. The minimum atomic E-state index is -0.512.